The molecule has 7 rings (SSSR count). The van der Waals surface area contributed by atoms with E-state index in [0.29, 0.717) is 52.2 Å². The number of hydrogen-bond donors (Lipinski definition) is 22. The first-order valence-corrected chi connectivity index (χ1v) is 38.2. The lowest BCUT2D eigenvalue weighted by atomic mass is 9.96. The molecule has 21 atom stereocenters. The number of aliphatic hydroxyl groups excluding tert-OH is 1. The number of aromatic amines is 2. The summed E-state index contributed by atoms with van der Waals surface area (Å²) in [4.78, 5) is 213. The first-order valence-electron chi connectivity index (χ1n) is 38.2. The maximum atomic E-state index is 15.0. The molecule has 0 radical (unpaired) electrons. The number of carbonyl (C=O) groups excluding carboxylic acids is 14. The molecule has 3 saturated heterocycles. The summed E-state index contributed by atoms with van der Waals surface area (Å²) in [7, 11) is 0. The number of H-pyrrole nitrogens is 2. The van der Waals surface area contributed by atoms with Gasteiger partial charge in [0, 0.05) is 96.4 Å². The molecule has 0 saturated carbocycles. The minimum Gasteiger partial charge on any atom is -0.391 e. The highest BCUT2D eigenvalue weighted by Crippen LogP contribution is 2.28. The van der Waals surface area contributed by atoms with E-state index in [-0.39, 0.29) is 64.6 Å². The number of para-hydroxylation sites is 2. The Bertz CT molecular complexity index is 4010. The van der Waals surface area contributed by atoms with Crippen molar-refractivity contribution in [3.63, 3.8) is 0 Å². The molecule has 3 aliphatic heterocycles. The van der Waals surface area contributed by atoms with Crippen molar-refractivity contribution < 1.29 is 72.2 Å². The molecule has 6 unspecified atom stereocenters. The monoisotopic (exact) mass is 1570 g/mol. The van der Waals surface area contributed by atoms with Crippen molar-refractivity contribution in [1.82, 2.24) is 83.6 Å². The molecular formula is C74H115N23O15. The second kappa shape index (κ2) is 40.8. The van der Waals surface area contributed by atoms with Gasteiger partial charge in [0.15, 0.2) is 0 Å². The molecule has 38 heteroatoms. The Kier molecular flexibility index (Phi) is 32.4. The third kappa shape index (κ3) is 23.0. The van der Waals surface area contributed by atoms with E-state index in [1.165, 1.54) is 58.3 Å². The summed E-state index contributed by atoms with van der Waals surface area (Å²) < 4.78 is 0. The molecule has 2 aromatic carbocycles. The Morgan fingerprint density at radius 2 is 0.777 bits per heavy atom. The number of aromatic nitrogens is 2. The van der Waals surface area contributed by atoms with Crippen LogP contribution in [0.15, 0.2) is 60.9 Å². The number of hydrogen-bond acceptors (Lipinski definition) is 22. The second-order valence-electron chi connectivity index (χ2n) is 29.9. The van der Waals surface area contributed by atoms with E-state index in [0.717, 1.165) is 0 Å². The topological polar surface area (TPSA) is 624 Å². The highest BCUT2D eigenvalue weighted by atomic mass is 16.3. The van der Waals surface area contributed by atoms with Gasteiger partial charge in [0.1, 0.15) is 78.5 Å². The number of amides is 14. The van der Waals surface area contributed by atoms with E-state index in [2.05, 4.69) is 73.8 Å². The summed E-state index contributed by atoms with van der Waals surface area (Å²) in [5, 5.41) is 43.7. The third-order valence-electron chi connectivity index (χ3n) is 20.6. The first kappa shape index (κ1) is 89.0. The van der Waals surface area contributed by atoms with Crippen molar-refractivity contribution >= 4 is 105 Å². The van der Waals surface area contributed by atoms with E-state index in [1.807, 2.05) is 0 Å². The number of unbranched alkanes of at least 4 members (excludes halogenated alkanes) is 1. The van der Waals surface area contributed by atoms with Crippen LogP contribution in [-0.4, -0.2) is 255 Å². The summed E-state index contributed by atoms with van der Waals surface area (Å²) in [6, 6.07) is -12.9. The number of carbonyl (C=O) groups is 14. The maximum Gasteiger partial charge on any atom is 0.247 e. The number of benzene rings is 2. The standard InChI is InChI=1S/C74H115N23O15/c1-10-34(2)54-67(105)93-56(36(4)77)68(106)85-48(23-15-16-26-75)62(100)90-58(38(6)79)71(109)94-57(37(5)78)69(107)86-50(30-43-32-83-47-22-14-12-20-45(43)47)64(102)91-59(39(7)80)70(108)92-55(35(3)76)66(104)84-33-53(99)88-60(40(8)81)74(112)97-28-18-25-52(97)73(111)96-27-17-24-51(96)65(103)95-61(41(9)98)72(110)87-49(63(101)89-54)29-42-31-82-46-21-13-11-19-44(42)46/h11-14,19-22,31-32,34-41,48-52,54-61,82-83,98H,10,15-18,23-30,33,75-81H2,1-9H3,(H,84,104)(H,85,106)(H,86,107)(H,87,110)(H,88,99)(H,89,101)(H,90,100)(H,91,102)(H,92,108)(H,93,105)(H,94,109)(H,95,103)/t34-,35?,36?,37?,38?,39?,40?,41+,48-,49-,50-,51-,52+,54-,55-,56-,57-,58-,59-,60-,61-/m0/s1. The summed E-state index contributed by atoms with van der Waals surface area (Å²) in [5.41, 5.74) is 46.5. The second-order valence-corrected chi connectivity index (χ2v) is 29.9. The molecule has 0 aliphatic carbocycles. The fraction of sp³-hybridized carbons (Fsp3) is 0.595. The molecular weight excluding hydrogens is 1450 g/mol. The summed E-state index contributed by atoms with van der Waals surface area (Å²) in [6.07, 6.45) is 2.71. The van der Waals surface area contributed by atoms with Gasteiger partial charge in [-0.25, -0.2) is 0 Å². The number of nitrogens with one attached hydrogen (secondary N) is 14. The van der Waals surface area contributed by atoms with Gasteiger partial charge in [-0.3, -0.25) is 67.1 Å². The van der Waals surface area contributed by atoms with Gasteiger partial charge in [-0.2, -0.15) is 0 Å². The molecule has 3 fully saturated rings. The van der Waals surface area contributed by atoms with Crippen LogP contribution in [0.2, 0.25) is 0 Å². The number of aliphatic hydroxyl groups is 1. The lowest BCUT2D eigenvalue weighted by Gasteiger charge is -2.34. The van der Waals surface area contributed by atoms with E-state index in [1.54, 1.807) is 74.8 Å². The smallest absolute Gasteiger partial charge is 0.247 e. The zero-order valence-corrected chi connectivity index (χ0v) is 64.9. The van der Waals surface area contributed by atoms with Crippen molar-refractivity contribution in [2.45, 2.75) is 247 Å². The van der Waals surface area contributed by atoms with E-state index in [4.69, 9.17) is 40.1 Å². The third-order valence-corrected chi connectivity index (χ3v) is 20.6. The Hall–Kier alpha value is -10.2. The zero-order chi connectivity index (χ0) is 82.7. The molecule has 4 aromatic rings. The summed E-state index contributed by atoms with van der Waals surface area (Å²) in [5.74, 6) is -13.8. The molecule has 0 bridgehead atoms. The van der Waals surface area contributed by atoms with Crippen LogP contribution in [0.1, 0.15) is 125 Å². The van der Waals surface area contributed by atoms with Gasteiger partial charge in [0.05, 0.1) is 12.6 Å². The zero-order valence-electron chi connectivity index (χ0n) is 64.9. The lowest BCUT2D eigenvalue weighted by molar-refractivity contribution is -0.148. The largest absolute Gasteiger partial charge is 0.391 e. The van der Waals surface area contributed by atoms with Gasteiger partial charge in [0.2, 0.25) is 82.7 Å². The van der Waals surface area contributed by atoms with Crippen LogP contribution in [0.25, 0.3) is 21.8 Å². The van der Waals surface area contributed by atoms with Crippen LogP contribution < -0.4 is 104 Å². The van der Waals surface area contributed by atoms with Gasteiger partial charge in [0.25, 0.3) is 0 Å². The number of nitrogens with two attached hydrogens (primary N) is 7. The van der Waals surface area contributed by atoms with Crippen LogP contribution in [-0.2, 0) is 80.0 Å². The van der Waals surface area contributed by atoms with Gasteiger partial charge in [-0.1, -0.05) is 56.7 Å². The van der Waals surface area contributed by atoms with Gasteiger partial charge < -0.3 is 129 Å². The van der Waals surface area contributed by atoms with Crippen LogP contribution in [0.3, 0.4) is 0 Å². The maximum absolute atomic E-state index is 15.0. The minimum atomic E-state index is -1.77. The fourth-order valence-corrected chi connectivity index (χ4v) is 13.9. The highest BCUT2D eigenvalue weighted by molar-refractivity contribution is 6.02. The van der Waals surface area contributed by atoms with Crippen molar-refractivity contribution in [2.24, 2.45) is 46.1 Å². The molecule has 112 heavy (non-hydrogen) atoms. The number of fused-ring (bicyclic) bond motifs is 4. The molecule has 3 aliphatic rings. The van der Waals surface area contributed by atoms with E-state index in [9.17, 15) is 67.4 Å². The Morgan fingerprint density at radius 3 is 1.21 bits per heavy atom. The van der Waals surface area contributed by atoms with Crippen molar-refractivity contribution in [3.8, 4) is 0 Å². The average Bonchev–Trinajstić information content (AvgIpc) is 1.61. The Balaban J connectivity index is 1.25. The quantitative estimate of drug-likeness (QED) is 0.0437. The van der Waals surface area contributed by atoms with E-state index >= 15 is 4.79 Å². The molecule has 29 N–H and O–H groups in total. The van der Waals surface area contributed by atoms with Crippen molar-refractivity contribution in [3.05, 3.63) is 72.1 Å². The first-order chi connectivity index (χ1) is 53.0. The molecule has 14 amide bonds. The van der Waals surface area contributed by atoms with Gasteiger partial charge in [-0.15, -0.1) is 0 Å². The minimum absolute atomic E-state index is 0.0275. The molecule has 0 spiro atoms. The highest BCUT2D eigenvalue weighted by Gasteiger charge is 2.47. The van der Waals surface area contributed by atoms with E-state index < -0.39 is 216 Å². The number of rotatable bonds is 17. The SMILES string of the molecule is CC[C@H](C)[C@@H]1NC(=O)[C@H](Cc2c[nH]c3ccccc23)NC(=O)[C@H]([C@@H](C)O)NC(=O)[C@@H]2CCCN2C(=O)[C@H]2CCCN2C(=O)[C@H](C(C)N)NC(=O)CNC(=O)[C@H](C(C)N)NC(=O)[C@H](C(C)N)NC(=O)[C@H](Cc2c[nH]c3ccccc23)NC(=O)[C@H](C(C)N)NC(=O)[C@H](C(C)N)NC(=O)[C@H](CCCCN)NC(=O)[C@H](C(C)N)NC1=O. The molecule has 38 nitrogen and oxygen atoms in total. The molecule has 2 aromatic heterocycles. The van der Waals surface area contributed by atoms with Gasteiger partial charge in [-0.05, 0) is 129 Å². The van der Waals surface area contributed by atoms with Crippen LogP contribution in [0.4, 0.5) is 0 Å². The summed E-state index contributed by atoms with van der Waals surface area (Å²) >= 11 is 0. The molecule has 616 valence electrons. The van der Waals surface area contributed by atoms with Crippen molar-refractivity contribution in [2.75, 3.05) is 26.2 Å². The fourth-order valence-electron chi connectivity index (χ4n) is 13.9. The average molecular weight is 1570 g/mol. The predicted octanol–water partition coefficient (Wildman–Crippen LogP) is -6.48. The Morgan fingerprint density at radius 1 is 0.411 bits per heavy atom. The lowest BCUT2D eigenvalue weighted by Crippen LogP contribution is -2.66. The molecule has 5 heterocycles. The van der Waals surface area contributed by atoms with Crippen LogP contribution >= 0.6 is 0 Å². The number of nitrogens with zero attached hydrogens (tertiary/aromatic N) is 2. The van der Waals surface area contributed by atoms with Crippen LogP contribution in [0, 0.1) is 5.92 Å². The van der Waals surface area contributed by atoms with Crippen LogP contribution in [0.5, 0.6) is 0 Å². The van der Waals surface area contributed by atoms with Gasteiger partial charge >= 0.3 is 0 Å². The summed E-state index contributed by atoms with van der Waals surface area (Å²) in [6.45, 7) is 12.4. The Labute approximate surface area is 649 Å². The van der Waals surface area contributed by atoms with Crippen molar-refractivity contribution in [1.29, 1.82) is 0 Å². The normalized spacial score (nSPS) is 28.0. The predicted molar refractivity (Wildman–Crippen MR) is 414 cm³/mol.